The standard InChI is InChI=1S/C26H28N4O2/c1-17-13-22(18(2)30(17)20-5-4-10-27-15-20)26(31)29-11-8-19(9-12-29)24-16-28-25-7-6-21(32-3)14-23(24)25/h4-7,10,13-16,19,28H,8-9,11-12H2,1-3H3. The SMILES string of the molecule is COc1ccc2[nH]cc(C3CCN(C(=O)c4cc(C)n(-c5cccnc5)c4C)CC3)c2c1. The summed E-state index contributed by atoms with van der Waals surface area (Å²) in [6.45, 7) is 5.57. The molecule has 4 aromatic rings. The van der Waals surface area contributed by atoms with Gasteiger partial charge in [0.1, 0.15) is 5.75 Å². The molecule has 3 aromatic heterocycles. The van der Waals surface area contributed by atoms with E-state index in [4.69, 9.17) is 4.74 Å². The van der Waals surface area contributed by atoms with Crippen molar-refractivity contribution in [1.29, 1.82) is 0 Å². The summed E-state index contributed by atoms with van der Waals surface area (Å²) >= 11 is 0. The van der Waals surface area contributed by atoms with Crippen molar-refractivity contribution in [3.05, 3.63) is 77.5 Å². The highest BCUT2D eigenvalue weighted by atomic mass is 16.5. The number of hydrogen-bond donors (Lipinski definition) is 1. The minimum atomic E-state index is 0.118. The van der Waals surface area contributed by atoms with Crippen LogP contribution >= 0.6 is 0 Å². The number of aromatic amines is 1. The monoisotopic (exact) mass is 428 g/mol. The predicted octanol–water partition coefficient (Wildman–Crippen LogP) is 5.00. The lowest BCUT2D eigenvalue weighted by molar-refractivity contribution is 0.0712. The Bertz CT molecular complexity index is 1260. The van der Waals surface area contributed by atoms with Crippen molar-refractivity contribution in [2.45, 2.75) is 32.6 Å². The zero-order valence-electron chi connectivity index (χ0n) is 18.8. The summed E-state index contributed by atoms with van der Waals surface area (Å²) in [5, 5.41) is 1.22. The quantitative estimate of drug-likeness (QED) is 0.498. The second kappa shape index (κ2) is 8.19. The van der Waals surface area contributed by atoms with E-state index in [1.807, 2.05) is 49.2 Å². The number of likely N-dealkylation sites (tertiary alicyclic amines) is 1. The van der Waals surface area contributed by atoms with E-state index in [0.717, 1.165) is 59.8 Å². The van der Waals surface area contributed by atoms with Crippen LogP contribution in [-0.4, -0.2) is 45.5 Å². The van der Waals surface area contributed by atoms with Gasteiger partial charge in [-0.2, -0.15) is 0 Å². The van der Waals surface area contributed by atoms with Crippen molar-refractivity contribution >= 4 is 16.8 Å². The molecule has 1 N–H and O–H groups in total. The van der Waals surface area contributed by atoms with E-state index in [0.29, 0.717) is 5.92 Å². The molecule has 0 saturated carbocycles. The van der Waals surface area contributed by atoms with E-state index in [2.05, 4.69) is 32.9 Å². The van der Waals surface area contributed by atoms with Crippen LogP contribution in [0.2, 0.25) is 0 Å². The van der Waals surface area contributed by atoms with Gasteiger partial charge in [-0.15, -0.1) is 0 Å². The van der Waals surface area contributed by atoms with Crippen LogP contribution in [0.25, 0.3) is 16.6 Å². The first kappa shape index (κ1) is 20.4. The average Bonchev–Trinajstić information content (AvgIpc) is 3.39. The number of nitrogens with one attached hydrogen (secondary N) is 1. The van der Waals surface area contributed by atoms with Gasteiger partial charge in [-0.3, -0.25) is 9.78 Å². The van der Waals surface area contributed by atoms with Crippen LogP contribution in [0, 0.1) is 13.8 Å². The van der Waals surface area contributed by atoms with Gasteiger partial charge >= 0.3 is 0 Å². The molecule has 164 valence electrons. The first-order chi connectivity index (χ1) is 15.6. The molecule has 0 aliphatic carbocycles. The minimum absolute atomic E-state index is 0.118. The van der Waals surface area contributed by atoms with E-state index in [1.165, 1.54) is 10.9 Å². The van der Waals surface area contributed by atoms with Crippen LogP contribution in [0.15, 0.2) is 55.0 Å². The normalized spacial score (nSPS) is 14.8. The third-order valence-corrected chi connectivity index (χ3v) is 6.71. The number of amides is 1. The molecule has 1 saturated heterocycles. The molecule has 4 heterocycles. The number of methoxy groups -OCH3 is 1. The van der Waals surface area contributed by atoms with Crippen LogP contribution in [0.4, 0.5) is 0 Å². The van der Waals surface area contributed by atoms with Crippen LogP contribution < -0.4 is 4.74 Å². The van der Waals surface area contributed by atoms with Gasteiger partial charge < -0.3 is 19.2 Å². The summed E-state index contributed by atoms with van der Waals surface area (Å²) < 4.78 is 7.52. The van der Waals surface area contributed by atoms with E-state index < -0.39 is 0 Å². The molecule has 1 amide bonds. The number of rotatable bonds is 4. The Balaban J connectivity index is 1.34. The van der Waals surface area contributed by atoms with Gasteiger partial charge in [-0.25, -0.2) is 0 Å². The second-order valence-corrected chi connectivity index (χ2v) is 8.55. The van der Waals surface area contributed by atoms with Crippen molar-refractivity contribution in [1.82, 2.24) is 19.4 Å². The molecule has 32 heavy (non-hydrogen) atoms. The fourth-order valence-electron chi connectivity index (χ4n) is 5.01. The average molecular weight is 429 g/mol. The maximum absolute atomic E-state index is 13.4. The fourth-order valence-corrected chi connectivity index (χ4v) is 5.01. The largest absolute Gasteiger partial charge is 0.497 e. The molecule has 6 heteroatoms. The van der Waals surface area contributed by atoms with E-state index >= 15 is 0 Å². The number of benzene rings is 1. The lowest BCUT2D eigenvalue weighted by atomic mass is 9.89. The third kappa shape index (κ3) is 3.45. The highest BCUT2D eigenvalue weighted by molar-refractivity contribution is 5.96. The van der Waals surface area contributed by atoms with Crippen LogP contribution in [0.3, 0.4) is 0 Å². The molecule has 5 rings (SSSR count). The van der Waals surface area contributed by atoms with Crippen molar-refractivity contribution in [3.8, 4) is 11.4 Å². The number of nitrogens with zero attached hydrogens (tertiary/aromatic N) is 3. The Morgan fingerprint density at radius 1 is 1.16 bits per heavy atom. The molecule has 1 aromatic carbocycles. The fraction of sp³-hybridized carbons (Fsp3) is 0.308. The van der Waals surface area contributed by atoms with Crippen LogP contribution in [0.1, 0.15) is 46.1 Å². The summed E-state index contributed by atoms with van der Waals surface area (Å²) in [6.07, 6.45) is 7.62. The maximum Gasteiger partial charge on any atom is 0.255 e. The topological polar surface area (TPSA) is 63.1 Å². The number of aromatic nitrogens is 3. The number of aryl methyl sites for hydroxylation is 1. The molecule has 1 fully saturated rings. The molecule has 0 bridgehead atoms. The van der Waals surface area contributed by atoms with Crippen molar-refractivity contribution in [3.63, 3.8) is 0 Å². The number of fused-ring (bicyclic) bond motifs is 1. The molecule has 0 atom stereocenters. The van der Waals surface area contributed by atoms with Crippen LogP contribution in [0.5, 0.6) is 5.75 Å². The molecule has 6 nitrogen and oxygen atoms in total. The van der Waals surface area contributed by atoms with E-state index in [-0.39, 0.29) is 5.91 Å². The molecule has 0 spiro atoms. The summed E-state index contributed by atoms with van der Waals surface area (Å²) in [7, 11) is 1.70. The summed E-state index contributed by atoms with van der Waals surface area (Å²) in [6, 6.07) is 12.1. The predicted molar refractivity (Wildman–Crippen MR) is 126 cm³/mol. The zero-order valence-corrected chi connectivity index (χ0v) is 18.8. The van der Waals surface area contributed by atoms with Gasteiger partial charge in [-0.05, 0) is 74.6 Å². The summed E-state index contributed by atoms with van der Waals surface area (Å²) in [4.78, 5) is 23.0. The molecule has 1 aliphatic rings. The third-order valence-electron chi connectivity index (χ3n) is 6.71. The number of H-pyrrole nitrogens is 1. The highest BCUT2D eigenvalue weighted by Gasteiger charge is 2.28. The molecule has 0 unspecified atom stereocenters. The molecular weight excluding hydrogens is 400 g/mol. The smallest absolute Gasteiger partial charge is 0.255 e. The summed E-state index contributed by atoms with van der Waals surface area (Å²) in [5.74, 6) is 1.42. The lowest BCUT2D eigenvalue weighted by Crippen LogP contribution is -2.38. The Labute approximate surface area is 187 Å². The number of ether oxygens (including phenoxy) is 1. The lowest BCUT2D eigenvalue weighted by Gasteiger charge is -2.32. The highest BCUT2D eigenvalue weighted by Crippen LogP contribution is 2.35. The Hall–Kier alpha value is -3.54. The first-order valence-electron chi connectivity index (χ1n) is 11.1. The Kier molecular flexibility index (Phi) is 5.21. The van der Waals surface area contributed by atoms with Gasteiger partial charge in [-0.1, -0.05) is 0 Å². The van der Waals surface area contributed by atoms with Gasteiger partial charge in [0.2, 0.25) is 0 Å². The second-order valence-electron chi connectivity index (χ2n) is 8.55. The summed E-state index contributed by atoms with van der Waals surface area (Å²) in [5.41, 5.74) is 6.22. The van der Waals surface area contributed by atoms with Gasteiger partial charge in [0.25, 0.3) is 5.91 Å². The number of hydrogen-bond acceptors (Lipinski definition) is 3. The van der Waals surface area contributed by atoms with Crippen LogP contribution in [-0.2, 0) is 0 Å². The van der Waals surface area contributed by atoms with E-state index in [1.54, 1.807) is 13.3 Å². The number of carbonyl (C=O) groups is 1. The number of carbonyl (C=O) groups excluding carboxylic acids is 1. The first-order valence-corrected chi connectivity index (χ1v) is 11.1. The Morgan fingerprint density at radius 3 is 2.69 bits per heavy atom. The maximum atomic E-state index is 13.4. The van der Waals surface area contributed by atoms with Crippen molar-refractivity contribution in [2.75, 3.05) is 20.2 Å². The number of pyridine rings is 1. The van der Waals surface area contributed by atoms with E-state index in [9.17, 15) is 4.79 Å². The van der Waals surface area contributed by atoms with Gasteiger partial charge in [0, 0.05) is 47.8 Å². The zero-order chi connectivity index (χ0) is 22.2. The van der Waals surface area contributed by atoms with Crippen molar-refractivity contribution in [2.24, 2.45) is 0 Å². The van der Waals surface area contributed by atoms with Gasteiger partial charge in [0.15, 0.2) is 0 Å². The molecular formula is C26H28N4O2. The van der Waals surface area contributed by atoms with Crippen molar-refractivity contribution < 1.29 is 9.53 Å². The molecule has 1 aliphatic heterocycles. The van der Waals surface area contributed by atoms with Gasteiger partial charge in [0.05, 0.1) is 24.6 Å². The number of piperidine rings is 1. The Morgan fingerprint density at radius 2 is 1.97 bits per heavy atom. The molecule has 0 radical (unpaired) electrons. The minimum Gasteiger partial charge on any atom is -0.497 e.